The molecule has 144 valence electrons. The SMILES string of the molecule is CN=C(NCC(C)CN1CCCC1)NC1CCN(c2cccc(Cl)c2)C1. The molecule has 2 heterocycles. The second-order valence-electron chi connectivity index (χ2n) is 7.62. The van der Waals surface area contributed by atoms with Crippen molar-refractivity contribution in [1.82, 2.24) is 15.5 Å². The molecule has 2 fully saturated rings. The Morgan fingerprint density at radius 2 is 2.12 bits per heavy atom. The van der Waals surface area contributed by atoms with Gasteiger partial charge in [0, 0.05) is 50.0 Å². The van der Waals surface area contributed by atoms with Crippen molar-refractivity contribution in [2.24, 2.45) is 10.9 Å². The highest BCUT2D eigenvalue weighted by Crippen LogP contribution is 2.23. The number of nitrogens with one attached hydrogen (secondary N) is 2. The molecule has 0 amide bonds. The van der Waals surface area contributed by atoms with E-state index in [2.05, 4.69) is 38.4 Å². The fourth-order valence-electron chi connectivity index (χ4n) is 3.91. The summed E-state index contributed by atoms with van der Waals surface area (Å²) >= 11 is 6.12. The Kier molecular flexibility index (Phi) is 7.03. The minimum atomic E-state index is 0.411. The summed E-state index contributed by atoms with van der Waals surface area (Å²) in [6, 6.07) is 8.51. The van der Waals surface area contributed by atoms with Gasteiger partial charge in [-0.3, -0.25) is 4.99 Å². The highest BCUT2D eigenvalue weighted by molar-refractivity contribution is 6.30. The third kappa shape index (κ3) is 5.52. The maximum Gasteiger partial charge on any atom is 0.191 e. The van der Waals surface area contributed by atoms with Crippen LogP contribution in [-0.2, 0) is 0 Å². The van der Waals surface area contributed by atoms with Crippen LogP contribution in [0.1, 0.15) is 26.2 Å². The van der Waals surface area contributed by atoms with Crippen LogP contribution in [0.3, 0.4) is 0 Å². The van der Waals surface area contributed by atoms with Crippen molar-refractivity contribution in [3.63, 3.8) is 0 Å². The quantitative estimate of drug-likeness (QED) is 0.591. The lowest BCUT2D eigenvalue weighted by Crippen LogP contribution is -2.46. The first-order valence-electron chi connectivity index (χ1n) is 9.84. The van der Waals surface area contributed by atoms with E-state index in [-0.39, 0.29) is 0 Å². The lowest BCUT2D eigenvalue weighted by molar-refractivity contribution is 0.287. The summed E-state index contributed by atoms with van der Waals surface area (Å²) in [5, 5.41) is 7.88. The molecule has 1 aromatic carbocycles. The molecule has 0 bridgehead atoms. The summed E-state index contributed by atoms with van der Waals surface area (Å²) in [6.45, 7) is 8.99. The molecule has 5 nitrogen and oxygen atoms in total. The number of likely N-dealkylation sites (tertiary alicyclic amines) is 1. The molecule has 0 aliphatic carbocycles. The number of nitrogens with zero attached hydrogens (tertiary/aromatic N) is 3. The topological polar surface area (TPSA) is 42.9 Å². The Balaban J connectivity index is 1.42. The molecule has 1 aromatic rings. The maximum atomic E-state index is 6.12. The lowest BCUT2D eigenvalue weighted by atomic mass is 10.1. The summed E-state index contributed by atoms with van der Waals surface area (Å²) in [5.41, 5.74) is 1.20. The third-order valence-corrected chi connectivity index (χ3v) is 5.55. The van der Waals surface area contributed by atoms with E-state index in [9.17, 15) is 0 Å². The van der Waals surface area contributed by atoms with Crippen LogP contribution in [-0.4, -0.2) is 63.2 Å². The van der Waals surface area contributed by atoms with Crippen molar-refractivity contribution in [2.75, 3.05) is 51.2 Å². The van der Waals surface area contributed by atoms with Crippen LogP contribution >= 0.6 is 11.6 Å². The average Bonchev–Trinajstić information content (AvgIpc) is 3.30. The molecule has 2 N–H and O–H groups in total. The first-order valence-corrected chi connectivity index (χ1v) is 10.2. The van der Waals surface area contributed by atoms with Crippen LogP contribution < -0.4 is 15.5 Å². The van der Waals surface area contributed by atoms with Crippen molar-refractivity contribution in [3.05, 3.63) is 29.3 Å². The number of rotatable bonds is 6. The van der Waals surface area contributed by atoms with Crippen molar-refractivity contribution in [3.8, 4) is 0 Å². The molecular formula is C20H32ClN5. The van der Waals surface area contributed by atoms with Crippen molar-refractivity contribution >= 4 is 23.2 Å². The van der Waals surface area contributed by atoms with E-state index in [0.717, 1.165) is 37.0 Å². The number of hydrogen-bond donors (Lipinski definition) is 2. The van der Waals surface area contributed by atoms with Crippen LogP contribution in [0.4, 0.5) is 5.69 Å². The normalized spacial score (nSPS) is 22.7. The van der Waals surface area contributed by atoms with Gasteiger partial charge >= 0.3 is 0 Å². The van der Waals surface area contributed by atoms with Gasteiger partial charge in [-0.2, -0.15) is 0 Å². The van der Waals surface area contributed by atoms with Gasteiger partial charge in [0.25, 0.3) is 0 Å². The standard InChI is InChI=1S/C20H32ClN5/c1-16(14-25-9-3-4-10-25)13-23-20(22-2)24-18-8-11-26(15-18)19-7-5-6-17(21)12-19/h5-7,12,16,18H,3-4,8-11,13-15H2,1-2H3,(H2,22,23,24). The van der Waals surface area contributed by atoms with Crippen LogP contribution in [0, 0.1) is 5.92 Å². The number of benzene rings is 1. The molecule has 0 spiro atoms. The lowest BCUT2D eigenvalue weighted by Gasteiger charge is -2.23. The van der Waals surface area contributed by atoms with Crippen LogP contribution in [0.25, 0.3) is 0 Å². The Hall–Kier alpha value is -1.46. The van der Waals surface area contributed by atoms with Crippen molar-refractivity contribution in [2.45, 2.75) is 32.2 Å². The number of halogens is 1. The molecular weight excluding hydrogens is 346 g/mol. The molecule has 26 heavy (non-hydrogen) atoms. The Bertz CT molecular complexity index is 600. The molecule has 2 atom stereocenters. The Labute approximate surface area is 162 Å². The van der Waals surface area contributed by atoms with Crippen LogP contribution in [0.5, 0.6) is 0 Å². The summed E-state index contributed by atoms with van der Waals surface area (Å²) in [4.78, 5) is 9.36. The van der Waals surface area contributed by atoms with E-state index in [1.807, 2.05) is 25.2 Å². The average molecular weight is 378 g/mol. The second-order valence-corrected chi connectivity index (χ2v) is 8.06. The predicted molar refractivity (Wildman–Crippen MR) is 111 cm³/mol. The van der Waals surface area contributed by atoms with Gasteiger partial charge in [0.05, 0.1) is 0 Å². The zero-order chi connectivity index (χ0) is 18.4. The highest BCUT2D eigenvalue weighted by Gasteiger charge is 2.23. The number of anilines is 1. The summed E-state index contributed by atoms with van der Waals surface area (Å²) in [6.07, 6.45) is 3.82. The van der Waals surface area contributed by atoms with Crippen molar-refractivity contribution in [1.29, 1.82) is 0 Å². The molecule has 0 radical (unpaired) electrons. The molecule has 2 unspecified atom stereocenters. The zero-order valence-corrected chi connectivity index (χ0v) is 16.8. The summed E-state index contributed by atoms with van der Waals surface area (Å²) in [7, 11) is 1.85. The minimum Gasteiger partial charge on any atom is -0.369 e. The van der Waals surface area contributed by atoms with Gasteiger partial charge in [0.2, 0.25) is 0 Å². The number of guanidine groups is 1. The van der Waals surface area contributed by atoms with E-state index in [1.165, 1.54) is 38.2 Å². The summed E-state index contributed by atoms with van der Waals surface area (Å²) in [5.74, 6) is 1.54. The van der Waals surface area contributed by atoms with Gasteiger partial charge in [-0.25, -0.2) is 0 Å². The molecule has 0 saturated carbocycles. The van der Waals surface area contributed by atoms with Gasteiger partial charge in [-0.1, -0.05) is 24.6 Å². The van der Waals surface area contributed by atoms with Gasteiger partial charge in [-0.05, 0) is 56.5 Å². The molecule has 2 saturated heterocycles. The van der Waals surface area contributed by atoms with Gasteiger partial charge in [-0.15, -0.1) is 0 Å². The number of aliphatic imine (C=N–C) groups is 1. The minimum absolute atomic E-state index is 0.411. The first-order chi connectivity index (χ1) is 12.6. The fraction of sp³-hybridized carbons (Fsp3) is 0.650. The van der Waals surface area contributed by atoms with Gasteiger partial charge in [0.1, 0.15) is 0 Å². The van der Waals surface area contributed by atoms with E-state index in [1.54, 1.807) is 0 Å². The third-order valence-electron chi connectivity index (χ3n) is 5.31. The Morgan fingerprint density at radius 3 is 2.85 bits per heavy atom. The molecule has 3 rings (SSSR count). The zero-order valence-electron chi connectivity index (χ0n) is 16.0. The van der Waals surface area contributed by atoms with E-state index in [0.29, 0.717) is 12.0 Å². The van der Waals surface area contributed by atoms with E-state index >= 15 is 0 Å². The second kappa shape index (κ2) is 9.47. The highest BCUT2D eigenvalue weighted by atomic mass is 35.5. The largest absolute Gasteiger partial charge is 0.369 e. The van der Waals surface area contributed by atoms with Crippen molar-refractivity contribution < 1.29 is 0 Å². The van der Waals surface area contributed by atoms with Crippen LogP contribution in [0.2, 0.25) is 5.02 Å². The van der Waals surface area contributed by atoms with Gasteiger partial charge < -0.3 is 20.4 Å². The number of hydrogen-bond acceptors (Lipinski definition) is 3. The smallest absolute Gasteiger partial charge is 0.191 e. The van der Waals surface area contributed by atoms with Crippen LogP contribution in [0.15, 0.2) is 29.3 Å². The molecule has 0 aromatic heterocycles. The van der Waals surface area contributed by atoms with E-state index < -0.39 is 0 Å². The molecule has 2 aliphatic heterocycles. The van der Waals surface area contributed by atoms with Gasteiger partial charge in [0.15, 0.2) is 5.96 Å². The summed E-state index contributed by atoms with van der Waals surface area (Å²) < 4.78 is 0. The maximum absolute atomic E-state index is 6.12. The molecule has 6 heteroatoms. The predicted octanol–water partition coefficient (Wildman–Crippen LogP) is 2.82. The first kappa shape index (κ1) is 19.3. The Morgan fingerprint density at radius 1 is 1.31 bits per heavy atom. The fourth-order valence-corrected chi connectivity index (χ4v) is 4.10. The van der Waals surface area contributed by atoms with E-state index in [4.69, 9.17) is 11.6 Å². The molecule has 2 aliphatic rings. The monoisotopic (exact) mass is 377 g/mol.